The molecule has 2 aromatic carbocycles. The van der Waals surface area contributed by atoms with Gasteiger partial charge in [0.15, 0.2) is 18.6 Å². The third-order valence-electron chi connectivity index (χ3n) is 6.94. The molecular formula is C33H44N6O5. The minimum atomic E-state index is -0.463. The molecule has 0 radical (unpaired) electrons. The van der Waals surface area contributed by atoms with Crippen molar-refractivity contribution in [3.8, 4) is 5.88 Å². The van der Waals surface area contributed by atoms with Crippen LogP contribution in [-0.2, 0) is 16.1 Å². The standard InChI is InChI=1S/C19H29N3O4.C14H15N3O/c1-19(2,3)12-26-16(23)11-25-15-9-8-14(20-4)17(22-15)18(24)21-10-13-6-5-7-13;15-7-8-17(16)9-11-5-6-12(10-18)14-4-2-1-3-13(11)14/h8-9,13,20H,5-7,10-12H2,1-4H3,(H,21,24);1-8,10H,9,15-16H2/b;8-7-. The quantitative estimate of drug-likeness (QED) is 0.101. The number of rotatable bonds is 12. The number of nitrogens with two attached hydrogens (primary N) is 2. The number of nitrogens with zero attached hydrogens (tertiary/aromatic N) is 2. The normalized spacial score (nSPS) is 12.9. The van der Waals surface area contributed by atoms with E-state index < -0.39 is 5.97 Å². The summed E-state index contributed by atoms with van der Waals surface area (Å²) in [6.45, 7) is 7.21. The second kappa shape index (κ2) is 16.3. The molecular weight excluding hydrogens is 560 g/mol. The zero-order valence-electron chi connectivity index (χ0n) is 26.0. The fraction of sp³-hybridized carbons (Fsp3) is 0.394. The van der Waals surface area contributed by atoms with Crippen molar-refractivity contribution in [1.29, 1.82) is 0 Å². The maximum Gasteiger partial charge on any atom is 0.344 e. The highest BCUT2D eigenvalue weighted by atomic mass is 16.6. The summed E-state index contributed by atoms with van der Waals surface area (Å²) >= 11 is 0. The zero-order valence-corrected chi connectivity index (χ0v) is 26.0. The van der Waals surface area contributed by atoms with Crippen LogP contribution >= 0.6 is 0 Å². The molecule has 0 saturated heterocycles. The molecule has 1 saturated carbocycles. The Morgan fingerprint density at radius 3 is 2.43 bits per heavy atom. The van der Waals surface area contributed by atoms with Gasteiger partial charge < -0.3 is 30.8 Å². The molecule has 1 heterocycles. The van der Waals surface area contributed by atoms with Gasteiger partial charge in [-0.2, -0.15) is 0 Å². The zero-order chi connectivity index (χ0) is 32.1. The van der Waals surface area contributed by atoms with Crippen molar-refractivity contribution in [2.24, 2.45) is 22.9 Å². The Bertz CT molecular complexity index is 1450. The van der Waals surface area contributed by atoms with E-state index in [2.05, 4.69) is 15.6 Å². The summed E-state index contributed by atoms with van der Waals surface area (Å²) in [5, 5.41) is 9.34. The number of carbonyl (C=O) groups is 3. The minimum Gasteiger partial charge on any atom is -0.466 e. The number of hydrogen-bond acceptors (Lipinski definition) is 10. The fourth-order valence-electron chi connectivity index (χ4n) is 4.37. The molecule has 0 spiro atoms. The van der Waals surface area contributed by atoms with E-state index in [-0.39, 0.29) is 29.5 Å². The molecule has 1 fully saturated rings. The first kappa shape index (κ1) is 33.9. The van der Waals surface area contributed by atoms with E-state index in [1.165, 1.54) is 17.6 Å². The molecule has 1 aliphatic rings. The predicted octanol–water partition coefficient (Wildman–Crippen LogP) is 4.38. The highest BCUT2D eigenvalue weighted by Crippen LogP contribution is 2.26. The number of aromatic nitrogens is 1. The molecule has 11 nitrogen and oxygen atoms in total. The molecule has 44 heavy (non-hydrogen) atoms. The van der Waals surface area contributed by atoms with Crippen LogP contribution in [0.25, 0.3) is 10.8 Å². The lowest BCUT2D eigenvalue weighted by Gasteiger charge is -2.25. The number of esters is 1. The van der Waals surface area contributed by atoms with E-state index in [9.17, 15) is 14.4 Å². The molecule has 1 amide bonds. The molecule has 236 valence electrons. The number of ether oxygens (including phenoxy) is 2. The lowest BCUT2D eigenvalue weighted by Crippen LogP contribution is -2.33. The predicted molar refractivity (Wildman–Crippen MR) is 172 cm³/mol. The summed E-state index contributed by atoms with van der Waals surface area (Å²) in [5.41, 5.74) is 7.80. The van der Waals surface area contributed by atoms with Crippen LogP contribution in [0.1, 0.15) is 66.4 Å². The first-order valence-corrected chi connectivity index (χ1v) is 14.7. The number of benzene rings is 2. The molecule has 0 aliphatic heterocycles. The molecule has 4 rings (SSSR count). The van der Waals surface area contributed by atoms with Gasteiger partial charge in [-0.05, 0) is 46.6 Å². The number of carbonyl (C=O) groups excluding carboxylic acids is 3. The van der Waals surface area contributed by atoms with Crippen LogP contribution in [0.5, 0.6) is 5.88 Å². The van der Waals surface area contributed by atoms with Crippen LogP contribution in [0.2, 0.25) is 0 Å². The van der Waals surface area contributed by atoms with Crippen LogP contribution < -0.4 is 26.9 Å². The first-order valence-electron chi connectivity index (χ1n) is 14.7. The Balaban J connectivity index is 0.000000257. The van der Waals surface area contributed by atoms with E-state index in [1.807, 2.05) is 57.2 Å². The fourth-order valence-corrected chi connectivity index (χ4v) is 4.37. The minimum absolute atomic E-state index is 0.103. The average molecular weight is 605 g/mol. The lowest BCUT2D eigenvalue weighted by molar-refractivity contribution is -0.148. The SMILES string of the molecule is CNc1ccc(OCC(=O)OCC(C)(C)C)nc1C(=O)NCC1CCC1.N/C=C\N(N)Cc1ccc(C=O)c2ccccc12. The molecule has 3 aromatic rings. The summed E-state index contributed by atoms with van der Waals surface area (Å²) < 4.78 is 10.5. The summed E-state index contributed by atoms with van der Waals surface area (Å²) in [6.07, 6.45) is 7.41. The lowest BCUT2D eigenvalue weighted by atomic mass is 9.85. The Morgan fingerprint density at radius 1 is 1.09 bits per heavy atom. The van der Waals surface area contributed by atoms with E-state index >= 15 is 0 Å². The van der Waals surface area contributed by atoms with Gasteiger partial charge in [0.25, 0.3) is 5.91 Å². The molecule has 6 N–H and O–H groups in total. The van der Waals surface area contributed by atoms with Crippen molar-refractivity contribution in [3.63, 3.8) is 0 Å². The van der Waals surface area contributed by atoms with Gasteiger partial charge in [-0.25, -0.2) is 15.6 Å². The molecule has 0 bridgehead atoms. The van der Waals surface area contributed by atoms with Gasteiger partial charge >= 0.3 is 5.97 Å². The van der Waals surface area contributed by atoms with E-state index in [1.54, 1.807) is 25.4 Å². The van der Waals surface area contributed by atoms with Crippen LogP contribution in [0.4, 0.5) is 5.69 Å². The summed E-state index contributed by atoms with van der Waals surface area (Å²) in [5.74, 6) is 5.84. The third-order valence-corrected chi connectivity index (χ3v) is 6.94. The van der Waals surface area contributed by atoms with Gasteiger partial charge in [-0.3, -0.25) is 9.59 Å². The Labute approximate surface area is 258 Å². The Morgan fingerprint density at radius 2 is 1.82 bits per heavy atom. The van der Waals surface area contributed by atoms with E-state index in [4.69, 9.17) is 21.1 Å². The van der Waals surface area contributed by atoms with Crippen molar-refractivity contribution < 1.29 is 23.9 Å². The molecule has 1 aliphatic carbocycles. The number of nitrogens with one attached hydrogen (secondary N) is 2. The number of hydrogen-bond donors (Lipinski definition) is 4. The van der Waals surface area contributed by atoms with Crippen molar-refractivity contribution in [2.75, 3.05) is 32.1 Å². The number of fused-ring (bicyclic) bond motifs is 1. The van der Waals surface area contributed by atoms with E-state index in [0.717, 1.165) is 35.5 Å². The second-order valence-electron chi connectivity index (χ2n) is 11.8. The van der Waals surface area contributed by atoms with Crippen molar-refractivity contribution in [3.05, 3.63) is 77.8 Å². The number of hydrazine groups is 1. The van der Waals surface area contributed by atoms with Gasteiger partial charge in [-0.1, -0.05) is 63.6 Å². The van der Waals surface area contributed by atoms with Crippen LogP contribution in [0.3, 0.4) is 0 Å². The number of amides is 1. The molecule has 11 heteroatoms. The topological polar surface area (TPSA) is 162 Å². The first-order chi connectivity index (χ1) is 21.0. The average Bonchev–Trinajstić information content (AvgIpc) is 2.98. The summed E-state index contributed by atoms with van der Waals surface area (Å²) in [7, 11) is 1.73. The number of pyridine rings is 1. The van der Waals surface area contributed by atoms with E-state index in [0.29, 0.717) is 36.9 Å². The van der Waals surface area contributed by atoms with Gasteiger partial charge in [0, 0.05) is 37.6 Å². The Hall–Kier alpha value is -4.64. The summed E-state index contributed by atoms with van der Waals surface area (Å²) in [4.78, 5) is 39.4. The highest BCUT2D eigenvalue weighted by Gasteiger charge is 2.21. The Kier molecular flexibility index (Phi) is 12.5. The molecule has 0 unspecified atom stereocenters. The van der Waals surface area contributed by atoms with Gasteiger partial charge in [0.05, 0.1) is 18.8 Å². The van der Waals surface area contributed by atoms with Crippen LogP contribution in [-0.4, -0.2) is 55.0 Å². The maximum atomic E-state index is 12.4. The maximum absolute atomic E-state index is 12.4. The van der Waals surface area contributed by atoms with Gasteiger partial charge in [0.1, 0.15) is 0 Å². The highest BCUT2D eigenvalue weighted by molar-refractivity contribution is 5.99. The largest absolute Gasteiger partial charge is 0.466 e. The smallest absolute Gasteiger partial charge is 0.344 e. The second-order valence-corrected chi connectivity index (χ2v) is 11.8. The molecule has 1 aromatic heterocycles. The van der Waals surface area contributed by atoms with Gasteiger partial charge in [0.2, 0.25) is 5.88 Å². The van der Waals surface area contributed by atoms with Crippen molar-refractivity contribution in [2.45, 2.75) is 46.6 Å². The molecule has 0 atom stereocenters. The van der Waals surface area contributed by atoms with Crippen LogP contribution in [0.15, 0.2) is 60.9 Å². The van der Waals surface area contributed by atoms with Crippen molar-refractivity contribution >= 4 is 34.6 Å². The van der Waals surface area contributed by atoms with Crippen LogP contribution in [0, 0.1) is 11.3 Å². The number of anilines is 1. The van der Waals surface area contributed by atoms with Gasteiger partial charge in [-0.15, -0.1) is 0 Å². The van der Waals surface area contributed by atoms with Crippen molar-refractivity contribution in [1.82, 2.24) is 15.3 Å². The monoisotopic (exact) mass is 604 g/mol. The number of aldehydes is 1. The third kappa shape index (κ3) is 10.3. The summed E-state index contributed by atoms with van der Waals surface area (Å²) in [6, 6.07) is 14.8.